The number of nitrogens with zero attached hydrogens (tertiary/aromatic N) is 1. The van der Waals surface area contributed by atoms with Crippen LogP contribution in [-0.4, -0.2) is 35.6 Å². The van der Waals surface area contributed by atoms with E-state index in [9.17, 15) is 14.0 Å². The van der Waals surface area contributed by atoms with Crippen molar-refractivity contribution in [2.75, 3.05) is 13.2 Å². The molecule has 6 nitrogen and oxygen atoms in total. The first-order valence-corrected chi connectivity index (χ1v) is 8.99. The van der Waals surface area contributed by atoms with Gasteiger partial charge >= 0.3 is 0 Å². The molecule has 0 aromatic heterocycles. The van der Waals surface area contributed by atoms with Crippen LogP contribution in [0.3, 0.4) is 0 Å². The Labute approximate surface area is 163 Å². The third-order valence-electron chi connectivity index (χ3n) is 4.36. The van der Waals surface area contributed by atoms with E-state index in [4.69, 9.17) is 9.47 Å². The number of hydrazine groups is 1. The lowest BCUT2D eigenvalue weighted by molar-refractivity contribution is 0.0357. The third-order valence-corrected chi connectivity index (χ3v) is 4.36. The summed E-state index contributed by atoms with van der Waals surface area (Å²) in [6, 6.07) is 8.66. The van der Waals surface area contributed by atoms with E-state index in [0.717, 1.165) is 6.07 Å². The van der Waals surface area contributed by atoms with Gasteiger partial charge < -0.3 is 9.47 Å². The molecule has 0 fully saturated rings. The molecule has 1 N–H and O–H groups in total. The SMILES string of the molecule is Cc1c(C(=O)NN(C(=O)c2cccc(F)c2)C(C)(C)C)ccc2c1OCCO2. The van der Waals surface area contributed by atoms with Crippen molar-refractivity contribution < 1.29 is 23.5 Å². The normalized spacial score (nSPS) is 13.0. The number of halogens is 1. The third kappa shape index (κ3) is 3.93. The molecule has 0 spiro atoms. The maximum atomic E-state index is 13.5. The molecule has 0 saturated heterocycles. The van der Waals surface area contributed by atoms with E-state index in [1.54, 1.807) is 39.8 Å². The van der Waals surface area contributed by atoms with Gasteiger partial charge in [-0.05, 0) is 58.0 Å². The lowest BCUT2D eigenvalue weighted by atomic mass is 10.0. The number of benzene rings is 2. The van der Waals surface area contributed by atoms with Crippen molar-refractivity contribution in [2.45, 2.75) is 33.2 Å². The van der Waals surface area contributed by atoms with Gasteiger partial charge in [0.15, 0.2) is 11.5 Å². The number of amides is 2. The summed E-state index contributed by atoms with van der Waals surface area (Å²) in [5, 5.41) is 1.21. The average molecular weight is 386 g/mol. The number of carbonyl (C=O) groups excluding carboxylic acids is 2. The Balaban J connectivity index is 1.90. The molecule has 0 unspecified atom stereocenters. The lowest BCUT2D eigenvalue weighted by Crippen LogP contribution is -2.56. The van der Waals surface area contributed by atoms with Gasteiger partial charge in [0, 0.05) is 16.7 Å². The molecular formula is C21H23FN2O4. The smallest absolute Gasteiger partial charge is 0.272 e. The maximum Gasteiger partial charge on any atom is 0.272 e. The average Bonchev–Trinajstić information content (AvgIpc) is 2.65. The Kier molecular flexibility index (Phi) is 5.27. The van der Waals surface area contributed by atoms with E-state index >= 15 is 0 Å². The zero-order valence-corrected chi connectivity index (χ0v) is 16.3. The second-order valence-electron chi connectivity index (χ2n) is 7.52. The number of rotatable bonds is 2. The molecule has 1 heterocycles. The van der Waals surface area contributed by atoms with Gasteiger partial charge in [0.2, 0.25) is 0 Å². The summed E-state index contributed by atoms with van der Waals surface area (Å²) in [5.41, 5.74) is 3.07. The van der Waals surface area contributed by atoms with Crippen LogP contribution in [0.2, 0.25) is 0 Å². The Bertz CT molecular complexity index is 921. The highest BCUT2D eigenvalue weighted by Crippen LogP contribution is 2.35. The lowest BCUT2D eigenvalue weighted by Gasteiger charge is -2.35. The Morgan fingerprint density at radius 3 is 2.50 bits per heavy atom. The fourth-order valence-corrected chi connectivity index (χ4v) is 2.94. The van der Waals surface area contributed by atoms with Crippen molar-refractivity contribution in [1.82, 2.24) is 10.4 Å². The summed E-state index contributed by atoms with van der Waals surface area (Å²) in [4.78, 5) is 25.9. The number of carbonyl (C=O) groups is 2. The van der Waals surface area contributed by atoms with E-state index in [1.807, 2.05) is 0 Å². The fraction of sp³-hybridized carbons (Fsp3) is 0.333. The number of nitrogens with one attached hydrogen (secondary N) is 1. The Morgan fingerprint density at radius 2 is 1.82 bits per heavy atom. The van der Waals surface area contributed by atoms with Crippen molar-refractivity contribution in [3.05, 3.63) is 58.9 Å². The minimum atomic E-state index is -0.735. The zero-order chi connectivity index (χ0) is 20.5. The second-order valence-corrected chi connectivity index (χ2v) is 7.52. The predicted octanol–water partition coefficient (Wildman–Crippen LogP) is 3.49. The molecule has 0 atom stereocenters. The van der Waals surface area contributed by atoms with Gasteiger partial charge in [-0.2, -0.15) is 0 Å². The quantitative estimate of drug-likeness (QED) is 0.803. The minimum Gasteiger partial charge on any atom is -0.486 e. The highest BCUT2D eigenvalue weighted by molar-refractivity contribution is 6.00. The van der Waals surface area contributed by atoms with E-state index in [0.29, 0.717) is 35.8 Å². The first-order chi connectivity index (χ1) is 13.2. The highest BCUT2D eigenvalue weighted by Gasteiger charge is 2.31. The number of ether oxygens (including phenoxy) is 2. The van der Waals surface area contributed by atoms with Crippen LogP contribution in [0, 0.1) is 12.7 Å². The van der Waals surface area contributed by atoms with Gasteiger partial charge in [0.1, 0.15) is 19.0 Å². The first kappa shape index (κ1) is 19.7. The summed E-state index contributed by atoms with van der Waals surface area (Å²) in [5.74, 6) is -0.375. The first-order valence-electron chi connectivity index (χ1n) is 8.99. The molecule has 2 aromatic carbocycles. The zero-order valence-electron chi connectivity index (χ0n) is 16.3. The predicted molar refractivity (Wildman–Crippen MR) is 102 cm³/mol. The number of fused-ring (bicyclic) bond motifs is 1. The van der Waals surface area contributed by atoms with Crippen molar-refractivity contribution in [3.8, 4) is 11.5 Å². The fourth-order valence-electron chi connectivity index (χ4n) is 2.94. The minimum absolute atomic E-state index is 0.147. The van der Waals surface area contributed by atoms with Crippen LogP contribution in [0.15, 0.2) is 36.4 Å². The molecule has 2 amide bonds. The van der Waals surface area contributed by atoms with Gasteiger partial charge in [-0.15, -0.1) is 0 Å². The van der Waals surface area contributed by atoms with Gasteiger partial charge in [-0.3, -0.25) is 15.0 Å². The molecule has 2 aromatic rings. The molecule has 0 radical (unpaired) electrons. The molecule has 0 saturated carbocycles. The van der Waals surface area contributed by atoms with Crippen LogP contribution in [0.5, 0.6) is 11.5 Å². The summed E-state index contributed by atoms with van der Waals surface area (Å²) in [7, 11) is 0. The van der Waals surface area contributed by atoms with Crippen LogP contribution in [0.25, 0.3) is 0 Å². The molecule has 148 valence electrons. The van der Waals surface area contributed by atoms with Crippen molar-refractivity contribution in [1.29, 1.82) is 0 Å². The largest absolute Gasteiger partial charge is 0.486 e. The topological polar surface area (TPSA) is 67.9 Å². The molecule has 1 aliphatic rings. The number of hydrogen-bond donors (Lipinski definition) is 1. The molecule has 28 heavy (non-hydrogen) atoms. The van der Waals surface area contributed by atoms with Gasteiger partial charge in [0.05, 0.1) is 5.54 Å². The molecule has 0 bridgehead atoms. The van der Waals surface area contributed by atoms with E-state index in [2.05, 4.69) is 5.43 Å². The van der Waals surface area contributed by atoms with Crippen molar-refractivity contribution in [3.63, 3.8) is 0 Å². The number of hydrogen-bond acceptors (Lipinski definition) is 4. The van der Waals surface area contributed by atoms with Crippen LogP contribution >= 0.6 is 0 Å². The summed E-state index contributed by atoms with van der Waals surface area (Å²) in [6.07, 6.45) is 0. The standard InChI is InChI=1S/C21H23FN2O4/c1-13-16(8-9-17-18(13)28-11-10-27-17)19(25)23-24(21(2,3)4)20(26)14-6-5-7-15(22)12-14/h5-9,12H,10-11H2,1-4H3,(H,23,25). The van der Waals surface area contributed by atoms with Crippen LogP contribution in [0.1, 0.15) is 47.1 Å². The molecular weight excluding hydrogens is 363 g/mol. The molecule has 7 heteroatoms. The highest BCUT2D eigenvalue weighted by atomic mass is 19.1. The molecule has 1 aliphatic heterocycles. The maximum absolute atomic E-state index is 13.5. The van der Waals surface area contributed by atoms with Crippen LogP contribution in [0.4, 0.5) is 4.39 Å². The summed E-state index contributed by atoms with van der Waals surface area (Å²) >= 11 is 0. The van der Waals surface area contributed by atoms with Gasteiger partial charge in [-0.25, -0.2) is 9.40 Å². The van der Waals surface area contributed by atoms with Crippen LogP contribution < -0.4 is 14.9 Å². The Hall–Kier alpha value is -3.09. The summed E-state index contributed by atoms with van der Waals surface area (Å²) in [6.45, 7) is 7.96. The van der Waals surface area contributed by atoms with Gasteiger partial charge in [-0.1, -0.05) is 6.07 Å². The molecule has 3 rings (SSSR count). The van der Waals surface area contributed by atoms with E-state index < -0.39 is 23.2 Å². The summed E-state index contributed by atoms with van der Waals surface area (Å²) < 4.78 is 24.7. The van der Waals surface area contributed by atoms with Gasteiger partial charge in [0.25, 0.3) is 11.8 Å². The van der Waals surface area contributed by atoms with Crippen molar-refractivity contribution >= 4 is 11.8 Å². The second kappa shape index (κ2) is 7.50. The molecule has 0 aliphatic carbocycles. The van der Waals surface area contributed by atoms with Crippen LogP contribution in [-0.2, 0) is 0 Å². The van der Waals surface area contributed by atoms with Crippen molar-refractivity contribution in [2.24, 2.45) is 0 Å². The Morgan fingerprint density at radius 1 is 1.11 bits per heavy atom. The monoisotopic (exact) mass is 386 g/mol. The van der Waals surface area contributed by atoms with E-state index in [-0.39, 0.29) is 5.56 Å². The van der Waals surface area contributed by atoms with E-state index in [1.165, 1.54) is 23.2 Å².